The molecule has 6 nitrogen and oxygen atoms in total. The molecule has 0 radical (unpaired) electrons. The molecule has 0 atom stereocenters. The van der Waals surface area contributed by atoms with Crippen LogP contribution in [0.15, 0.2) is 28.2 Å². The van der Waals surface area contributed by atoms with E-state index < -0.39 is 29.7 Å². The average Bonchev–Trinajstić information content (AvgIpc) is 2.48. The number of benzene rings is 1. The van der Waals surface area contributed by atoms with Crippen molar-refractivity contribution in [1.29, 1.82) is 0 Å². The van der Waals surface area contributed by atoms with Crippen LogP contribution in [0.25, 0.3) is 0 Å². The number of aromatic nitrogens is 3. The lowest BCUT2D eigenvalue weighted by Gasteiger charge is -2.10. The molecule has 1 aromatic heterocycles. The van der Waals surface area contributed by atoms with Crippen LogP contribution in [0.4, 0.5) is 8.78 Å². The number of carbonyl (C=O) groups is 1. The number of aliphatic carboxylic acids is 1. The Bertz CT molecular complexity index is 795. The highest BCUT2D eigenvalue weighted by molar-refractivity contribution is 7.98. The van der Waals surface area contributed by atoms with Gasteiger partial charge in [0.05, 0.1) is 0 Å². The third-order valence-corrected chi connectivity index (χ3v) is 3.91. The minimum absolute atomic E-state index is 0.0608. The Labute approximate surface area is 134 Å². The lowest BCUT2D eigenvalue weighted by atomic mass is 10.2. The third kappa shape index (κ3) is 4.35. The van der Waals surface area contributed by atoms with Crippen LogP contribution in [0.5, 0.6) is 0 Å². The van der Waals surface area contributed by atoms with Gasteiger partial charge in [-0.05, 0) is 18.1 Å². The van der Waals surface area contributed by atoms with E-state index in [2.05, 4.69) is 10.1 Å². The number of hydrogen-bond donors (Lipinski definition) is 1. The maximum Gasteiger partial charge on any atom is 0.325 e. The first-order valence-corrected chi connectivity index (χ1v) is 7.65. The molecule has 2 rings (SSSR count). The Balaban J connectivity index is 2.28. The van der Waals surface area contributed by atoms with E-state index in [9.17, 15) is 18.4 Å². The molecule has 0 aliphatic heterocycles. The molecule has 0 amide bonds. The maximum absolute atomic E-state index is 13.6. The first kappa shape index (κ1) is 17.1. The first-order chi connectivity index (χ1) is 10.9. The normalized spacial score (nSPS) is 10.7. The Morgan fingerprint density at radius 3 is 2.74 bits per heavy atom. The van der Waals surface area contributed by atoms with Crippen LogP contribution in [-0.2, 0) is 23.5 Å². The number of aryl methyl sites for hydroxylation is 1. The van der Waals surface area contributed by atoms with Gasteiger partial charge in [-0.2, -0.15) is 10.1 Å². The highest BCUT2D eigenvalue weighted by Gasteiger charge is 2.13. The molecule has 0 aliphatic rings. The van der Waals surface area contributed by atoms with Crippen LogP contribution < -0.4 is 5.56 Å². The van der Waals surface area contributed by atoms with E-state index in [1.807, 2.05) is 0 Å². The van der Waals surface area contributed by atoms with Gasteiger partial charge in [-0.15, -0.1) is 0 Å². The topological polar surface area (TPSA) is 85.1 Å². The van der Waals surface area contributed by atoms with Crippen LogP contribution in [0.2, 0.25) is 0 Å². The summed E-state index contributed by atoms with van der Waals surface area (Å²) in [6.07, 6.45) is 0.322. The number of rotatable bonds is 6. The lowest BCUT2D eigenvalue weighted by Crippen LogP contribution is -2.25. The van der Waals surface area contributed by atoms with Gasteiger partial charge in [0, 0.05) is 11.8 Å². The van der Waals surface area contributed by atoms with Gasteiger partial charge >= 0.3 is 5.97 Å². The lowest BCUT2D eigenvalue weighted by molar-refractivity contribution is -0.138. The van der Waals surface area contributed by atoms with Crippen LogP contribution in [0, 0.1) is 11.6 Å². The number of thioether (sulfide) groups is 1. The van der Waals surface area contributed by atoms with Gasteiger partial charge in [0.1, 0.15) is 23.9 Å². The first-order valence-electron chi connectivity index (χ1n) is 6.67. The summed E-state index contributed by atoms with van der Waals surface area (Å²) in [5.74, 6) is -2.49. The van der Waals surface area contributed by atoms with Gasteiger partial charge in [0.2, 0.25) is 0 Å². The molecular weight excluding hydrogens is 328 g/mol. The summed E-state index contributed by atoms with van der Waals surface area (Å²) in [4.78, 5) is 26.5. The van der Waals surface area contributed by atoms with E-state index in [0.29, 0.717) is 6.42 Å². The molecule has 2 aromatic rings. The predicted molar refractivity (Wildman–Crippen MR) is 79.2 cm³/mol. The van der Waals surface area contributed by atoms with Crippen molar-refractivity contribution in [1.82, 2.24) is 14.8 Å². The van der Waals surface area contributed by atoms with Crippen molar-refractivity contribution in [2.24, 2.45) is 0 Å². The summed E-state index contributed by atoms with van der Waals surface area (Å²) in [6, 6.07) is 3.16. The molecule has 1 aromatic carbocycles. The Kier molecular flexibility index (Phi) is 5.43. The number of nitrogens with zero attached hydrogens (tertiary/aromatic N) is 3. The minimum Gasteiger partial charge on any atom is -0.480 e. The van der Waals surface area contributed by atoms with E-state index in [1.165, 1.54) is 6.07 Å². The molecule has 0 unspecified atom stereocenters. The van der Waals surface area contributed by atoms with Crippen molar-refractivity contribution in [3.63, 3.8) is 0 Å². The molecule has 23 heavy (non-hydrogen) atoms. The van der Waals surface area contributed by atoms with Crippen molar-refractivity contribution in [3.05, 3.63) is 51.4 Å². The number of carboxylic acids is 1. The second kappa shape index (κ2) is 7.32. The molecule has 1 heterocycles. The monoisotopic (exact) mass is 341 g/mol. The van der Waals surface area contributed by atoms with Crippen LogP contribution in [0.1, 0.15) is 18.2 Å². The fourth-order valence-electron chi connectivity index (χ4n) is 1.78. The summed E-state index contributed by atoms with van der Waals surface area (Å²) in [5.41, 5.74) is -0.174. The summed E-state index contributed by atoms with van der Waals surface area (Å²) in [6.45, 7) is 1.24. The molecular formula is C14H13F2N3O3S. The van der Waals surface area contributed by atoms with Gasteiger partial charge in [-0.1, -0.05) is 24.8 Å². The Hall–Kier alpha value is -2.29. The smallest absolute Gasteiger partial charge is 0.325 e. The quantitative estimate of drug-likeness (QED) is 0.807. The van der Waals surface area contributed by atoms with E-state index in [1.54, 1.807) is 6.92 Å². The molecule has 122 valence electrons. The third-order valence-electron chi connectivity index (χ3n) is 2.90. The fourth-order valence-corrected chi connectivity index (χ4v) is 2.70. The van der Waals surface area contributed by atoms with Gasteiger partial charge < -0.3 is 5.11 Å². The minimum atomic E-state index is -1.14. The zero-order valence-electron chi connectivity index (χ0n) is 12.1. The van der Waals surface area contributed by atoms with Gasteiger partial charge in [-0.3, -0.25) is 9.59 Å². The zero-order chi connectivity index (χ0) is 17.0. The van der Waals surface area contributed by atoms with Crippen molar-refractivity contribution < 1.29 is 18.7 Å². The average molecular weight is 341 g/mol. The van der Waals surface area contributed by atoms with Crippen LogP contribution >= 0.6 is 11.8 Å². The van der Waals surface area contributed by atoms with Gasteiger partial charge in [0.15, 0.2) is 5.16 Å². The molecule has 0 bridgehead atoms. The molecule has 1 N–H and O–H groups in total. The second-order valence-corrected chi connectivity index (χ2v) is 5.52. The predicted octanol–water partition coefficient (Wildman–Crippen LogP) is 1.86. The largest absolute Gasteiger partial charge is 0.480 e. The van der Waals surface area contributed by atoms with Crippen LogP contribution in [0.3, 0.4) is 0 Å². The summed E-state index contributed by atoms with van der Waals surface area (Å²) < 4.78 is 27.6. The maximum atomic E-state index is 13.6. The van der Waals surface area contributed by atoms with E-state index >= 15 is 0 Å². The molecule has 0 saturated carbocycles. The molecule has 0 saturated heterocycles. The highest BCUT2D eigenvalue weighted by atomic mass is 32.2. The Morgan fingerprint density at radius 1 is 1.39 bits per heavy atom. The number of hydrogen-bond acceptors (Lipinski definition) is 5. The van der Waals surface area contributed by atoms with Crippen molar-refractivity contribution in [2.75, 3.05) is 0 Å². The standard InChI is InChI=1S/C14H13F2N3O3S/c1-2-11-13(22)17-14(19(18-11)6-12(20)21)23-7-8-3-4-9(15)5-10(8)16/h3-5H,2,6-7H2,1H3,(H,20,21). The molecule has 9 heteroatoms. The van der Waals surface area contributed by atoms with Crippen molar-refractivity contribution >= 4 is 17.7 Å². The fraction of sp³-hybridized carbons (Fsp3) is 0.286. The van der Waals surface area contributed by atoms with E-state index in [0.717, 1.165) is 28.6 Å². The zero-order valence-corrected chi connectivity index (χ0v) is 12.9. The molecule has 0 spiro atoms. The number of halogens is 2. The Morgan fingerprint density at radius 2 is 2.13 bits per heavy atom. The summed E-state index contributed by atoms with van der Waals surface area (Å²) in [7, 11) is 0. The number of carboxylic acid groups (broad SMARTS) is 1. The molecule has 0 fully saturated rings. The summed E-state index contributed by atoms with van der Waals surface area (Å²) >= 11 is 0.959. The second-order valence-electron chi connectivity index (χ2n) is 4.58. The van der Waals surface area contributed by atoms with Gasteiger partial charge in [0.25, 0.3) is 5.56 Å². The SMILES string of the molecule is CCc1nn(CC(=O)O)c(SCc2ccc(F)cc2F)nc1=O. The summed E-state index contributed by atoms with van der Waals surface area (Å²) in [5, 5.41) is 12.9. The van der Waals surface area contributed by atoms with Crippen molar-refractivity contribution in [2.45, 2.75) is 30.8 Å². The van der Waals surface area contributed by atoms with E-state index in [-0.39, 0.29) is 22.2 Å². The van der Waals surface area contributed by atoms with Crippen LogP contribution in [-0.4, -0.2) is 25.8 Å². The van der Waals surface area contributed by atoms with E-state index in [4.69, 9.17) is 5.11 Å². The molecule has 0 aliphatic carbocycles. The van der Waals surface area contributed by atoms with Gasteiger partial charge in [-0.25, -0.2) is 13.5 Å². The highest BCUT2D eigenvalue weighted by Crippen LogP contribution is 2.22. The van der Waals surface area contributed by atoms with Crippen molar-refractivity contribution in [3.8, 4) is 0 Å².